The first-order valence-electron chi connectivity index (χ1n) is 8.99. The van der Waals surface area contributed by atoms with Crippen LogP contribution in [-0.2, 0) is 9.53 Å². The van der Waals surface area contributed by atoms with E-state index in [1.54, 1.807) is 65.1 Å². The Kier molecular flexibility index (Phi) is 5.70. The number of hydrogen-bond donors (Lipinski definition) is 0. The molecular formula is C22H21FN2O2S2. The molecule has 0 radical (unpaired) electrons. The minimum absolute atomic E-state index is 0.369. The lowest BCUT2D eigenvalue weighted by Gasteiger charge is -2.28. The Bertz CT molecular complexity index is 1110. The molecule has 0 saturated heterocycles. The maximum Gasteiger partial charge on any atom is 0.322 e. The highest BCUT2D eigenvalue weighted by Gasteiger charge is 2.36. The molecule has 0 aliphatic rings. The summed E-state index contributed by atoms with van der Waals surface area (Å²) >= 11 is 2.42. The zero-order valence-electron chi connectivity index (χ0n) is 16.9. The van der Waals surface area contributed by atoms with Gasteiger partial charge >= 0.3 is 5.97 Å². The number of fused-ring (bicyclic) bond motifs is 1. The van der Waals surface area contributed by atoms with Crippen molar-refractivity contribution in [3.63, 3.8) is 0 Å². The van der Waals surface area contributed by atoms with Crippen LogP contribution >= 0.6 is 23.3 Å². The van der Waals surface area contributed by atoms with Crippen molar-refractivity contribution in [3.05, 3.63) is 53.8 Å². The molecular weight excluding hydrogens is 407 g/mol. The van der Waals surface area contributed by atoms with E-state index in [4.69, 9.17) is 11.3 Å². The number of carbonyl (C=O) groups is 1. The second-order valence-electron chi connectivity index (χ2n) is 8.08. The van der Waals surface area contributed by atoms with Crippen molar-refractivity contribution in [3.8, 4) is 11.1 Å². The molecule has 0 atom stereocenters. The second-order valence-corrected chi connectivity index (χ2v) is 10.5. The summed E-state index contributed by atoms with van der Waals surface area (Å²) in [6.45, 7) is 16.0. The highest BCUT2D eigenvalue weighted by molar-refractivity contribution is 8.01. The number of carbonyl (C=O) groups excluding carboxylic acids is 1. The number of thioether (sulfide) groups is 1. The third kappa shape index (κ3) is 4.60. The quantitative estimate of drug-likeness (QED) is 0.258. The van der Waals surface area contributed by atoms with Gasteiger partial charge in [0, 0.05) is 17.1 Å². The van der Waals surface area contributed by atoms with Crippen LogP contribution in [0.5, 0.6) is 0 Å². The van der Waals surface area contributed by atoms with Gasteiger partial charge in [0.1, 0.15) is 16.2 Å². The van der Waals surface area contributed by atoms with Crippen LogP contribution in [-0.4, -0.2) is 20.7 Å². The van der Waals surface area contributed by atoms with Crippen LogP contribution in [0, 0.1) is 12.4 Å². The number of halogens is 1. The van der Waals surface area contributed by atoms with Crippen LogP contribution in [0.2, 0.25) is 0 Å². The van der Waals surface area contributed by atoms with Crippen LogP contribution in [0.15, 0.2) is 41.4 Å². The van der Waals surface area contributed by atoms with E-state index < -0.39 is 22.1 Å². The van der Waals surface area contributed by atoms with Crippen molar-refractivity contribution in [1.82, 2.24) is 4.37 Å². The van der Waals surface area contributed by atoms with Crippen LogP contribution in [0.25, 0.3) is 26.1 Å². The van der Waals surface area contributed by atoms with E-state index in [-0.39, 0.29) is 0 Å². The Balaban J connectivity index is 2.13. The van der Waals surface area contributed by atoms with E-state index in [1.807, 2.05) is 0 Å². The summed E-state index contributed by atoms with van der Waals surface area (Å²) in [5.41, 5.74) is 1.33. The van der Waals surface area contributed by atoms with Gasteiger partial charge in [0.25, 0.3) is 0 Å². The predicted molar refractivity (Wildman–Crippen MR) is 117 cm³/mol. The number of nitrogens with zero attached hydrogens (tertiary/aromatic N) is 2. The van der Waals surface area contributed by atoms with Gasteiger partial charge in [-0.25, -0.2) is 9.24 Å². The molecule has 0 aliphatic carbocycles. The van der Waals surface area contributed by atoms with Crippen LogP contribution in [0.3, 0.4) is 0 Å². The molecule has 1 aromatic heterocycles. The third-order valence-electron chi connectivity index (χ3n) is 4.08. The summed E-state index contributed by atoms with van der Waals surface area (Å²) < 4.78 is 24.8. The average Bonchev–Trinajstić information content (AvgIpc) is 3.08. The summed E-state index contributed by atoms with van der Waals surface area (Å²) in [4.78, 5) is 16.5. The summed E-state index contributed by atoms with van der Waals surface area (Å²) in [5, 5.41) is 0.705. The van der Waals surface area contributed by atoms with Gasteiger partial charge in [-0.2, -0.15) is 4.37 Å². The molecule has 1 heterocycles. The van der Waals surface area contributed by atoms with Gasteiger partial charge < -0.3 is 4.74 Å². The highest BCUT2D eigenvalue weighted by atomic mass is 32.2. The van der Waals surface area contributed by atoms with E-state index in [0.717, 1.165) is 22.0 Å². The van der Waals surface area contributed by atoms with Crippen molar-refractivity contribution in [2.75, 3.05) is 0 Å². The summed E-state index contributed by atoms with van der Waals surface area (Å²) in [6.07, 6.45) is 1.63. The Morgan fingerprint density at radius 1 is 1.21 bits per heavy atom. The van der Waals surface area contributed by atoms with Crippen molar-refractivity contribution < 1.29 is 13.9 Å². The summed E-state index contributed by atoms with van der Waals surface area (Å²) in [7, 11) is 0. The van der Waals surface area contributed by atoms with Crippen LogP contribution < -0.4 is 0 Å². The van der Waals surface area contributed by atoms with Crippen molar-refractivity contribution in [2.45, 2.75) is 49.9 Å². The van der Waals surface area contributed by atoms with Crippen molar-refractivity contribution >= 4 is 45.0 Å². The molecule has 0 unspecified atom stereocenters. The summed E-state index contributed by atoms with van der Waals surface area (Å²) in [5.74, 6) is -0.823. The van der Waals surface area contributed by atoms with E-state index in [9.17, 15) is 4.79 Å². The molecule has 150 valence electrons. The Hall–Kier alpha value is -2.43. The number of benzene rings is 2. The predicted octanol–water partition coefficient (Wildman–Crippen LogP) is 6.87. The molecule has 4 nitrogen and oxygen atoms in total. The minimum Gasteiger partial charge on any atom is -0.459 e. The molecule has 0 aliphatic heterocycles. The molecule has 0 fully saturated rings. The van der Waals surface area contributed by atoms with Gasteiger partial charge in [-0.05, 0) is 57.8 Å². The van der Waals surface area contributed by atoms with Crippen molar-refractivity contribution in [2.24, 2.45) is 0 Å². The van der Waals surface area contributed by atoms with Gasteiger partial charge in [0.2, 0.25) is 0 Å². The van der Waals surface area contributed by atoms with E-state index in [2.05, 4.69) is 9.22 Å². The fraction of sp³-hybridized carbons (Fsp3) is 0.318. The zero-order valence-corrected chi connectivity index (χ0v) is 18.5. The van der Waals surface area contributed by atoms with Gasteiger partial charge in [-0.1, -0.05) is 24.3 Å². The largest absolute Gasteiger partial charge is 0.459 e. The molecule has 29 heavy (non-hydrogen) atoms. The third-order valence-corrected chi connectivity index (χ3v) is 6.20. The van der Waals surface area contributed by atoms with Crippen LogP contribution in [0.4, 0.5) is 10.1 Å². The monoisotopic (exact) mass is 428 g/mol. The molecule has 0 saturated carbocycles. The maximum atomic E-state index is 15.2. The van der Waals surface area contributed by atoms with Gasteiger partial charge in [0.15, 0.2) is 5.69 Å². The van der Waals surface area contributed by atoms with Crippen molar-refractivity contribution in [1.29, 1.82) is 0 Å². The smallest absolute Gasteiger partial charge is 0.322 e. The Morgan fingerprint density at radius 2 is 1.86 bits per heavy atom. The number of rotatable bonds is 4. The molecule has 0 bridgehead atoms. The summed E-state index contributed by atoms with van der Waals surface area (Å²) in [6, 6.07) is 8.45. The number of esters is 1. The fourth-order valence-corrected chi connectivity index (χ4v) is 4.71. The lowest BCUT2D eigenvalue weighted by Crippen LogP contribution is -2.36. The molecule has 3 aromatic rings. The Morgan fingerprint density at radius 3 is 2.45 bits per heavy atom. The van der Waals surface area contributed by atoms with Gasteiger partial charge in [-0.15, -0.1) is 11.8 Å². The van der Waals surface area contributed by atoms with Gasteiger partial charge in [0.05, 0.1) is 16.2 Å². The molecule has 7 heteroatoms. The lowest BCUT2D eigenvalue weighted by atomic mass is 10.0. The first-order chi connectivity index (χ1) is 13.5. The minimum atomic E-state index is -1.00. The van der Waals surface area contributed by atoms with Crippen LogP contribution in [0.1, 0.15) is 34.6 Å². The second kappa shape index (κ2) is 7.77. The average molecular weight is 429 g/mol. The normalized spacial score (nSPS) is 12.0. The van der Waals surface area contributed by atoms with E-state index in [0.29, 0.717) is 21.5 Å². The number of hydrogen-bond acceptors (Lipinski definition) is 5. The van der Waals surface area contributed by atoms with Gasteiger partial charge in [-0.3, -0.25) is 4.79 Å². The fourth-order valence-electron chi connectivity index (χ4n) is 2.73. The SMILES string of the molecule is [C-]#[N+]c1ccc(-c2c(SC(C)(C)C(=O)OC(C)(C)C)c(F)cc3cnsc23)cc1. The Labute approximate surface area is 178 Å². The highest BCUT2D eigenvalue weighted by Crippen LogP contribution is 2.46. The standard InChI is InChI=1S/C22H21FN2O2S2/c1-21(2,3)27-20(26)22(4,5)28-19-16(23)11-14-12-25-29-18(14)17(19)13-7-9-15(24-6)10-8-13/h7-12H,1-5H3. The molecule has 3 rings (SSSR count). The molecule has 0 spiro atoms. The molecule has 0 amide bonds. The first-order valence-corrected chi connectivity index (χ1v) is 10.6. The number of aromatic nitrogens is 1. The molecule has 0 N–H and O–H groups in total. The topological polar surface area (TPSA) is 43.5 Å². The maximum absolute atomic E-state index is 15.2. The number of ether oxygens (including phenoxy) is 1. The zero-order chi connectivity index (χ0) is 21.4. The lowest BCUT2D eigenvalue weighted by molar-refractivity contribution is -0.156. The molecule has 2 aromatic carbocycles. The van der Waals surface area contributed by atoms with E-state index in [1.165, 1.54) is 17.6 Å². The van der Waals surface area contributed by atoms with E-state index >= 15 is 4.39 Å². The first kappa shape index (κ1) is 21.3.